The van der Waals surface area contributed by atoms with Gasteiger partial charge in [0, 0.05) is 17.3 Å². The van der Waals surface area contributed by atoms with Crippen molar-refractivity contribution in [2.24, 2.45) is 0 Å². The highest BCUT2D eigenvalue weighted by atomic mass is 14.8. The van der Waals surface area contributed by atoms with Crippen molar-refractivity contribution in [3.05, 3.63) is 77.5 Å². The lowest BCUT2D eigenvalue weighted by atomic mass is 9.78. The standard InChI is InChI=1S/C19H17N3/c1-19(2,16-6-4-3-5-7-16)17-8-10-18(11-9-17)22-14-15(12-20)13-21/h3-11,14,22H,1-2H3. The maximum atomic E-state index is 8.70. The lowest BCUT2D eigenvalue weighted by molar-refractivity contribution is 0.641. The Bertz CT molecular complexity index is 726. The Kier molecular flexibility index (Phi) is 4.61. The molecule has 0 amide bonds. The van der Waals surface area contributed by atoms with E-state index >= 15 is 0 Å². The zero-order valence-electron chi connectivity index (χ0n) is 12.7. The summed E-state index contributed by atoms with van der Waals surface area (Å²) >= 11 is 0. The second kappa shape index (κ2) is 6.61. The molecule has 3 heteroatoms. The van der Waals surface area contributed by atoms with Gasteiger partial charge >= 0.3 is 0 Å². The highest BCUT2D eigenvalue weighted by molar-refractivity contribution is 5.52. The van der Waals surface area contributed by atoms with Crippen LogP contribution in [0.2, 0.25) is 0 Å². The van der Waals surface area contributed by atoms with Gasteiger partial charge in [0.15, 0.2) is 0 Å². The molecule has 108 valence electrons. The van der Waals surface area contributed by atoms with E-state index in [9.17, 15) is 0 Å². The first-order valence-electron chi connectivity index (χ1n) is 7.01. The van der Waals surface area contributed by atoms with Gasteiger partial charge in [0.25, 0.3) is 0 Å². The first-order valence-corrected chi connectivity index (χ1v) is 7.01. The van der Waals surface area contributed by atoms with Crippen molar-refractivity contribution in [3.8, 4) is 12.1 Å². The van der Waals surface area contributed by atoms with Gasteiger partial charge in [-0.25, -0.2) is 0 Å². The van der Waals surface area contributed by atoms with Crippen molar-refractivity contribution >= 4 is 5.69 Å². The summed E-state index contributed by atoms with van der Waals surface area (Å²) in [6.45, 7) is 4.38. The molecule has 0 atom stereocenters. The summed E-state index contributed by atoms with van der Waals surface area (Å²) in [5.74, 6) is 0. The molecule has 0 aliphatic rings. The van der Waals surface area contributed by atoms with E-state index in [-0.39, 0.29) is 11.0 Å². The van der Waals surface area contributed by atoms with Crippen LogP contribution >= 0.6 is 0 Å². The van der Waals surface area contributed by atoms with E-state index in [2.05, 4.69) is 43.4 Å². The lowest BCUT2D eigenvalue weighted by Crippen LogP contribution is -2.18. The van der Waals surface area contributed by atoms with Crippen LogP contribution in [-0.2, 0) is 5.41 Å². The quantitative estimate of drug-likeness (QED) is 0.850. The third-order valence-corrected chi connectivity index (χ3v) is 3.73. The predicted molar refractivity (Wildman–Crippen MR) is 87.9 cm³/mol. The fraction of sp³-hybridized carbons (Fsp3) is 0.158. The first kappa shape index (κ1) is 15.4. The highest BCUT2D eigenvalue weighted by Crippen LogP contribution is 2.31. The first-order chi connectivity index (χ1) is 10.6. The second-order valence-corrected chi connectivity index (χ2v) is 5.49. The normalized spacial score (nSPS) is 10.2. The minimum absolute atomic E-state index is 0.0497. The fourth-order valence-electron chi connectivity index (χ4n) is 2.25. The van der Waals surface area contributed by atoms with Crippen molar-refractivity contribution in [1.29, 1.82) is 10.5 Å². The smallest absolute Gasteiger partial charge is 0.145 e. The largest absolute Gasteiger partial charge is 0.360 e. The molecule has 0 unspecified atom stereocenters. The number of rotatable bonds is 4. The van der Waals surface area contributed by atoms with Crippen LogP contribution in [0, 0.1) is 22.7 Å². The number of nitrogens with one attached hydrogen (secondary N) is 1. The van der Waals surface area contributed by atoms with E-state index in [1.54, 1.807) is 0 Å². The number of anilines is 1. The van der Waals surface area contributed by atoms with E-state index in [4.69, 9.17) is 10.5 Å². The molecule has 0 heterocycles. The van der Waals surface area contributed by atoms with Gasteiger partial charge in [0.05, 0.1) is 0 Å². The third-order valence-electron chi connectivity index (χ3n) is 3.73. The van der Waals surface area contributed by atoms with Crippen molar-refractivity contribution in [3.63, 3.8) is 0 Å². The van der Waals surface area contributed by atoms with Gasteiger partial charge in [-0.2, -0.15) is 10.5 Å². The number of allylic oxidation sites excluding steroid dienone is 1. The highest BCUT2D eigenvalue weighted by Gasteiger charge is 2.22. The molecule has 0 aromatic heterocycles. The molecule has 22 heavy (non-hydrogen) atoms. The minimum atomic E-state index is -0.0832. The zero-order chi connectivity index (χ0) is 16.0. The van der Waals surface area contributed by atoms with Gasteiger partial charge in [-0.1, -0.05) is 56.3 Å². The Morgan fingerprint density at radius 3 is 2.00 bits per heavy atom. The van der Waals surface area contributed by atoms with Crippen LogP contribution in [0.1, 0.15) is 25.0 Å². The zero-order valence-corrected chi connectivity index (χ0v) is 12.7. The molecule has 2 aromatic rings. The summed E-state index contributed by atoms with van der Waals surface area (Å²) in [5, 5.41) is 20.4. The Morgan fingerprint density at radius 2 is 1.45 bits per heavy atom. The number of hydrogen-bond acceptors (Lipinski definition) is 3. The Morgan fingerprint density at radius 1 is 0.909 bits per heavy atom. The maximum Gasteiger partial charge on any atom is 0.145 e. The summed E-state index contributed by atoms with van der Waals surface area (Å²) in [6, 6.07) is 22.0. The lowest BCUT2D eigenvalue weighted by Gasteiger charge is -2.26. The monoisotopic (exact) mass is 287 g/mol. The van der Waals surface area contributed by atoms with Crippen molar-refractivity contribution < 1.29 is 0 Å². The SMILES string of the molecule is CC(C)(c1ccccc1)c1ccc(NC=C(C#N)C#N)cc1. The van der Waals surface area contributed by atoms with Gasteiger partial charge in [-0.05, 0) is 23.3 Å². The molecule has 1 N–H and O–H groups in total. The predicted octanol–water partition coefficient (Wildman–Crippen LogP) is 4.36. The summed E-state index contributed by atoms with van der Waals surface area (Å²) in [4.78, 5) is 0. The van der Waals surface area contributed by atoms with Gasteiger partial charge in [-0.15, -0.1) is 0 Å². The van der Waals surface area contributed by atoms with E-state index in [1.807, 2.05) is 42.5 Å². The molecule has 3 nitrogen and oxygen atoms in total. The van der Waals surface area contributed by atoms with Crippen LogP contribution < -0.4 is 5.32 Å². The summed E-state index contributed by atoms with van der Waals surface area (Å²) < 4.78 is 0. The molecule has 2 rings (SSSR count). The average molecular weight is 287 g/mol. The molecular weight excluding hydrogens is 270 g/mol. The van der Waals surface area contributed by atoms with Gasteiger partial charge < -0.3 is 5.32 Å². The Balaban J connectivity index is 2.21. The van der Waals surface area contributed by atoms with Crippen molar-refractivity contribution in [2.45, 2.75) is 19.3 Å². The van der Waals surface area contributed by atoms with Crippen LogP contribution in [0.25, 0.3) is 0 Å². The number of nitrogens with zero attached hydrogens (tertiary/aromatic N) is 2. The molecule has 0 radical (unpaired) electrons. The minimum Gasteiger partial charge on any atom is -0.360 e. The Labute approximate surface area is 131 Å². The molecule has 0 aliphatic heterocycles. The van der Waals surface area contributed by atoms with E-state index in [0.29, 0.717) is 0 Å². The van der Waals surface area contributed by atoms with Gasteiger partial charge in [0.1, 0.15) is 17.7 Å². The van der Waals surface area contributed by atoms with Crippen LogP contribution in [0.3, 0.4) is 0 Å². The molecule has 0 aliphatic carbocycles. The summed E-state index contributed by atoms with van der Waals surface area (Å²) in [6.07, 6.45) is 1.41. The maximum absolute atomic E-state index is 8.70. The van der Waals surface area contributed by atoms with Gasteiger partial charge in [-0.3, -0.25) is 0 Å². The molecule has 0 saturated carbocycles. The average Bonchev–Trinajstić information content (AvgIpc) is 2.57. The molecular formula is C19H17N3. The fourth-order valence-corrected chi connectivity index (χ4v) is 2.25. The van der Waals surface area contributed by atoms with Crippen LogP contribution in [0.15, 0.2) is 66.4 Å². The van der Waals surface area contributed by atoms with Crippen molar-refractivity contribution in [2.75, 3.05) is 5.32 Å². The topological polar surface area (TPSA) is 59.6 Å². The molecule has 0 spiro atoms. The van der Waals surface area contributed by atoms with Crippen LogP contribution in [-0.4, -0.2) is 0 Å². The summed E-state index contributed by atoms with van der Waals surface area (Å²) in [7, 11) is 0. The van der Waals surface area contributed by atoms with Gasteiger partial charge in [0.2, 0.25) is 0 Å². The molecule has 0 fully saturated rings. The third kappa shape index (κ3) is 3.34. The number of benzene rings is 2. The summed E-state index contributed by atoms with van der Waals surface area (Å²) in [5.41, 5.74) is 3.27. The van der Waals surface area contributed by atoms with E-state index in [0.717, 1.165) is 5.69 Å². The van der Waals surface area contributed by atoms with Crippen LogP contribution in [0.4, 0.5) is 5.69 Å². The van der Waals surface area contributed by atoms with E-state index in [1.165, 1.54) is 17.3 Å². The number of nitriles is 2. The van der Waals surface area contributed by atoms with E-state index < -0.39 is 0 Å². The molecule has 0 saturated heterocycles. The Hall–Kier alpha value is -3.04. The van der Waals surface area contributed by atoms with Crippen LogP contribution in [0.5, 0.6) is 0 Å². The molecule has 2 aromatic carbocycles. The second-order valence-electron chi connectivity index (χ2n) is 5.49. The number of hydrogen-bond donors (Lipinski definition) is 1. The molecule has 0 bridgehead atoms. The van der Waals surface area contributed by atoms with Crippen molar-refractivity contribution in [1.82, 2.24) is 0 Å².